The third-order valence-corrected chi connectivity index (χ3v) is 5.64. The monoisotopic (exact) mass is 394 g/mol. The standard InChI is InChI=1S/C23H23ClN2O2/c1-27-20-13-17-10-12-26(15-18-9-6-11-25-23(18)24)22(16-7-4-3-5-8-16)19(17)14-21(20)28-2/h3-9,11,13-14,22H,10,12,15H2,1-2H3. The molecule has 1 aromatic heterocycles. The van der Waals surface area contributed by atoms with Gasteiger partial charge in [0.15, 0.2) is 11.5 Å². The molecule has 0 saturated heterocycles. The van der Waals surface area contributed by atoms with Crippen molar-refractivity contribution < 1.29 is 9.47 Å². The van der Waals surface area contributed by atoms with Gasteiger partial charge >= 0.3 is 0 Å². The van der Waals surface area contributed by atoms with E-state index in [0.29, 0.717) is 5.15 Å². The fourth-order valence-corrected chi connectivity index (χ4v) is 4.13. The summed E-state index contributed by atoms with van der Waals surface area (Å²) in [4.78, 5) is 6.69. The molecule has 1 aliphatic heterocycles. The van der Waals surface area contributed by atoms with Gasteiger partial charge in [0.05, 0.1) is 20.3 Å². The largest absolute Gasteiger partial charge is 0.493 e. The van der Waals surface area contributed by atoms with Crippen LogP contribution in [0, 0.1) is 0 Å². The van der Waals surface area contributed by atoms with Gasteiger partial charge in [0.2, 0.25) is 0 Å². The summed E-state index contributed by atoms with van der Waals surface area (Å²) >= 11 is 6.35. The Balaban J connectivity index is 1.80. The van der Waals surface area contributed by atoms with Crippen molar-refractivity contribution in [3.63, 3.8) is 0 Å². The van der Waals surface area contributed by atoms with Crippen LogP contribution >= 0.6 is 11.6 Å². The van der Waals surface area contributed by atoms with Gasteiger partial charge in [0.1, 0.15) is 5.15 Å². The molecule has 4 rings (SSSR count). The van der Waals surface area contributed by atoms with Gasteiger partial charge in [-0.25, -0.2) is 4.98 Å². The average molecular weight is 395 g/mol. The van der Waals surface area contributed by atoms with Crippen molar-refractivity contribution in [1.82, 2.24) is 9.88 Å². The van der Waals surface area contributed by atoms with Crippen LogP contribution < -0.4 is 9.47 Å². The molecule has 0 radical (unpaired) electrons. The first-order valence-corrected chi connectivity index (χ1v) is 9.72. The second-order valence-corrected chi connectivity index (χ2v) is 7.25. The van der Waals surface area contributed by atoms with Crippen molar-refractivity contribution in [1.29, 1.82) is 0 Å². The normalized spacial score (nSPS) is 16.5. The third-order valence-electron chi connectivity index (χ3n) is 5.30. The molecule has 2 heterocycles. The first kappa shape index (κ1) is 18.8. The zero-order chi connectivity index (χ0) is 19.5. The highest BCUT2D eigenvalue weighted by Crippen LogP contribution is 2.41. The summed E-state index contributed by atoms with van der Waals surface area (Å²) in [5.74, 6) is 1.53. The van der Waals surface area contributed by atoms with E-state index in [4.69, 9.17) is 21.1 Å². The quantitative estimate of drug-likeness (QED) is 0.576. The number of ether oxygens (including phenoxy) is 2. The molecule has 0 spiro atoms. The van der Waals surface area contributed by atoms with Crippen LogP contribution in [0.15, 0.2) is 60.8 Å². The maximum absolute atomic E-state index is 6.35. The Labute approximate surface area is 170 Å². The number of halogens is 1. The summed E-state index contributed by atoms with van der Waals surface area (Å²) in [6.45, 7) is 1.66. The van der Waals surface area contributed by atoms with E-state index in [-0.39, 0.29) is 6.04 Å². The maximum Gasteiger partial charge on any atom is 0.161 e. The Kier molecular flexibility index (Phi) is 5.51. The molecule has 0 aliphatic carbocycles. The minimum Gasteiger partial charge on any atom is -0.493 e. The van der Waals surface area contributed by atoms with Gasteiger partial charge in [0.25, 0.3) is 0 Å². The molecule has 0 amide bonds. The molecule has 1 unspecified atom stereocenters. The van der Waals surface area contributed by atoms with Gasteiger partial charge in [-0.2, -0.15) is 0 Å². The van der Waals surface area contributed by atoms with Crippen LogP contribution in [0.2, 0.25) is 5.15 Å². The summed E-state index contributed by atoms with van der Waals surface area (Å²) < 4.78 is 11.1. The number of fused-ring (bicyclic) bond motifs is 1. The predicted octanol–water partition coefficient (Wildman–Crippen LogP) is 4.90. The van der Waals surface area contributed by atoms with Gasteiger partial charge in [-0.15, -0.1) is 0 Å². The number of methoxy groups -OCH3 is 2. The van der Waals surface area contributed by atoms with Crippen LogP contribution in [-0.2, 0) is 13.0 Å². The summed E-state index contributed by atoms with van der Waals surface area (Å²) in [7, 11) is 3.36. The lowest BCUT2D eigenvalue weighted by molar-refractivity contribution is 0.203. The van der Waals surface area contributed by atoms with E-state index >= 15 is 0 Å². The average Bonchev–Trinajstić information content (AvgIpc) is 2.74. The highest BCUT2D eigenvalue weighted by atomic mass is 35.5. The summed E-state index contributed by atoms with van der Waals surface area (Å²) in [5, 5.41) is 0.562. The van der Waals surface area contributed by atoms with Crippen LogP contribution in [0.4, 0.5) is 0 Å². The molecule has 5 heteroatoms. The maximum atomic E-state index is 6.35. The van der Waals surface area contributed by atoms with Crippen molar-refractivity contribution in [3.05, 3.63) is 88.2 Å². The van der Waals surface area contributed by atoms with Crippen molar-refractivity contribution in [2.75, 3.05) is 20.8 Å². The molecule has 1 aliphatic rings. The Morgan fingerprint density at radius 1 is 1.04 bits per heavy atom. The zero-order valence-electron chi connectivity index (χ0n) is 16.1. The second-order valence-electron chi connectivity index (χ2n) is 6.89. The fourth-order valence-electron chi connectivity index (χ4n) is 3.95. The molecule has 144 valence electrons. The van der Waals surface area contributed by atoms with Crippen molar-refractivity contribution in [2.24, 2.45) is 0 Å². The summed E-state index contributed by atoms with van der Waals surface area (Å²) in [6, 6.07) is 18.9. The molecule has 0 fully saturated rings. The van der Waals surface area contributed by atoms with E-state index < -0.39 is 0 Å². The molecular weight excluding hydrogens is 372 g/mol. The van der Waals surface area contributed by atoms with Crippen LogP contribution in [-0.4, -0.2) is 30.6 Å². The summed E-state index contributed by atoms with van der Waals surface area (Å²) in [5.41, 5.74) is 4.82. The Hall–Kier alpha value is -2.56. The van der Waals surface area contributed by atoms with Gasteiger partial charge in [-0.1, -0.05) is 48.0 Å². The minimum absolute atomic E-state index is 0.112. The lowest BCUT2D eigenvalue weighted by Crippen LogP contribution is -2.35. The number of aromatic nitrogens is 1. The van der Waals surface area contributed by atoms with Crippen molar-refractivity contribution in [3.8, 4) is 11.5 Å². The van der Waals surface area contributed by atoms with Crippen LogP contribution in [0.1, 0.15) is 28.3 Å². The van der Waals surface area contributed by atoms with E-state index in [1.54, 1.807) is 20.4 Å². The number of benzene rings is 2. The highest BCUT2D eigenvalue weighted by molar-refractivity contribution is 6.30. The molecule has 0 bridgehead atoms. The van der Waals surface area contributed by atoms with Crippen LogP contribution in [0.3, 0.4) is 0 Å². The Morgan fingerprint density at radius 2 is 1.79 bits per heavy atom. The molecule has 0 saturated carbocycles. The van der Waals surface area contributed by atoms with Crippen molar-refractivity contribution in [2.45, 2.75) is 19.0 Å². The van der Waals surface area contributed by atoms with Crippen LogP contribution in [0.25, 0.3) is 0 Å². The molecule has 2 aromatic carbocycles. The molecule has 4 nitrogen and oxygen atoms in total. The van der Waals surface area contributed by atoms with Crippen LogP contribution in [0.5, 0.6) is 11.5 Å². The van der Waals surface area contributed by atoms with E-state index in [2.05, 4.69) is 46.3 Å². The van der Waals surface area contributed by atoms with Gasteiger partial charge in [-0.05, 0) is 41.3 Å². The molecule has 0 N–H and O–H groups in total. The third kappa shape index (κ3) is 3.58. The second kappa shape index (κ2) is 8.21. The lowest BCUT2D eigenvalue weighted by atomic mass is 9.87. The minimum atomic E-state index is 0.112. The number of pyridine rings is 1. The smallest absolute Gasteiger partial charge is 0.161 e. The zero-order valence-corrected chi connectivity index (χ0v) is 16.8. The molecule has 1 atom stereocenters. The van der Waals surface area contributed by atoms with Gasteiger partial charge < -0.3 is 9.47 Å². The first-order chi connectivity index (χ1) is 13.7. The number of rotatable bonds is 5. The Bertz CT molecular complexity index is 962. The van der Waals surface area contributed by atoms with Gasteiger partial charge in [-0.3, -0.25) is 4.90 Å². The molecule has 3 aromatic rings. The number of nitrogens with zero attached hydrogens (tertiary/aromatic N) is 2. The van der Waals surface area contributed by atoms with Gasteiger partial charge in [0, 0.05) is 24.8 Å². The predicted molar refractivity (Wildman–Crippen MR) is 111 cm³/mol. The summed E-state index contributed by atoms with van der Waals surface area (Å²) in [6.07, 6.45) is 2.67. The molecular formula is C23H23ClN2O2. The topological polar surface area (TPSA) is 34.6 Å². The van der Waals surface area contributed by atoms with E-state index in [1.165, 1.54) is 16.7 Å². The van der Waals surface area contributed by atoms with E-state index in [0.717, 1.165) is 36.6 Å². The van der Waals surface area contributed by atoms with E-state index in [9.17, 15) is 0 Å². The lowest BCUT2D eigenvalue weighted by Gasteiger charge is -2.38. The number of hydrogen-bond acceptors (Lipinski definition) is 4. The SMILES string of the molecule is COc1cc2c(cc1OC)C(c1ccccc1)N(Cc1cccnc1Cl)CC2. The van der Waals surface area contributed by atoms with E-state index in [1.807, 2.05) is 18.2 Å². The fraction of sp³-hybridized carbons (Fsp3) is 0.261. The van der Waals surface area contributed by atoms with Crippen molar-refractivity contribution >= 4 is 11.6 Å². The number of hydrogen-bond donors (Lipinski definition) is 0. The highest BCUT2D eigenvalue weighted by Gasteiger charge is 2.30. The first-order valence-electron chi connectivity index (χ1n) is 9.34. The Morgan fingerprint density at radius 3 is 2.50 bits per heavy atom. The molecule has 28 heavy (non-hydrogen) atoms.